The Kier molecular flexibility index (Phi) is 5.88. The number of aryl methyl sites for hydroxylation is 1. The second-order valence-corrected chi connectivity index (χ2v) is 6.43. The average molecular weight is 395 g/mol. The standard InChI is InChI=1S/C18H20F2N6.ClH/c1-24-8-6-22-18(24)17-11-21-5-9-25(17)12-14-4-7-26(23-14)16-3-2-13(19)10-15(16)20;/h2-4,6-8,10,17,21H,5,9,11-12H2,1H3;1H. The SMILES string of the molecule is Cl.Cn1ccnc1C1CNCCN1Cc1ccn(-c2ccc(F)cc2F)n1. The van der Waals surface area contributed by atoms with E-state index in [1.54, 1.807) is 12.4 Å². The minimum atomic E-state index is -0.632. The fourth-order valence-corrected chi connectivity index (χ4v) is 3.34. The lowest BCUT2D eigenvalue weighted by Gasteiger charge is -2.35. The number of piperazine rings is 1. The molecule has 4 rings (SSSR count). The zero-order valence-corrected chi connectivity index (χ0v) is 15.7. The van der Waals surface area contributed by atoms with Crippen molar-refractivity contribution in [1.82, 2.24) is 29.5 Å². The number of imidazole rings is 1. The Balaban J connectivity index is 0.00000210. The molecular formula is C18H21ClF2N6. The van der Waals surface area contributed by atoms with Gasteiger partial charge in [-0.2, -0.15) is 5.10 Å². The summed E-state index contributed by atoms with van der Waals surface area (Å²) in [5.74, 6) is -0.230. The van der Waals surface area contributed by atoms with Gasteiger partial charge in [0.1, 0.15) is 17.3 Å². The highest BCUT2D eigenvalue weighted by Gasteiger charge is 2.27. The zero-order chi connectivity index (χ0) is 18.1. The topological polar surface area (TPSA) is 50.9 Å². The van der Waals surface area contributed by atoms with Gasteiger partial charge in [-0.05, 0) is 18.2 Å². The van der Waals surface area contributed by atoms with Crippen molar-refractivity contribution in [2.24, 2.45) is 7.05 Å². The molecule has 0 bridgehead atoms. The monoisotopic (exact) mass is 394 g/mol. The van der Waals surface area contributed by atoms with Crippen LogP contribution in [0.3, 0.4) is 0 Å². The summed E-state index contributed by atoms with van der Waals surface area (Å²) >= 11 is 0. The molecule has 0 saturated carbocycles. The van der Waals surface area contributed by atoms with E-state index in [1.807, 2.05) is 23.9 Å². The molecule has 3 heterocycles. The van der Waals surface area contributed by atoms with Gasteiger partial charge in [0.2, 0.25) is 0 Å². The second-order valence-electron chi connectivity index (χ2n) is 6.43. The van der Waals surface area contributed by atoms with Gasteiger partial charge in [-0.3, -0.25) is 4.90 Å². The molecule has 1 fully saturated rings. The lowest BCUT2D eigenvalue weighted by atomic mass is 10.1. The summed E-state index contributed by atoms with van der Waals surface area (Å²) < 4.78 is 30.5. The maximum Gasteiger partial charge on any atom is 0.151 e. The van der Waals surface area contributed by atoms with Gasteiger partial charge in [0, 0.05) is 57.9 Å². The predicted molar refractivity (Wildman–Crippen MR) is 100.0 cm³/mol. The van der Waals surface area contributed by atoms with Gasteiger partial charge in [0.25, 0.3) is 0 Å². The summed E-state index contributed by atoms with van der Waals surface area (Å²) in [6.07, 6.45) is 5.44. The fourth-order valence-electron chi connectivity index (χ4n) is 3.34. The molecule has 1 aliphatic heterocycles. The van der Waals surface area contributed by atoms with Crippen LogP contribution in [-0.2, 0) is 13.6 Å². The van der Waals surface area contributed by atoms with E-state index in [1.165, 1.54) is 16.8 Å². The van der Waals surface area contributed by atoms with Crippen molar-refractivity contribution in [3.8, 4) is 5.69 Å². The third kappa shape index (κ3) is 4.02. The first-order valence-electron chi connectivity index (χ1n) is 8.54. The number of benzene rings is 1. The van der Waals surface area contributed by atoms with E-state index in [4.69, 9.17) is 0 Å². The Morgan fingerprint density at radius 3 is 2.81 bits per heavy atom. The molecule has 9 heteroatoms. The van der Waals surface area contributed by atoms with Crippen molar-refractivity contribution in [2.45, 2.75) is 12.6 Å². The summed E-state index contributed by atoms with van der Waals surface area (Å²) in [5.41, 5.74) is 1.06. The van der Waals surface area contributed by atoms with Crippen LogP contribution in [0.25, 0.3) is 5.69 Å². The van der Waals surface area contributed by atoms with Crippen molar-refractivity contribution in [3.05, 3.63) is 66.0 Å². The Bertz CT molecular complexity index is 909. The number of nitrogens with zero attached hydrogens (tertiary/aromatic N) is 5. The molecule has 27 heavy (non-hydrogen) atoms. The molecule has 1 atom stereocenters. The van der Waals surface area contributed by atoms with Crippen LogP contribution in [0.4, 0.5) is 8.78 Å². The maximum absolute atomic E-state index is 14.0. The van der Waals surface area contributed by atoms with E-state index < -0.39 is 11.6 Å². The molecule has 144 valence electrons. The minimum absolute atomic E-state index is 0. The molecule has 1 aromatic carbocycles. The summed E-state index contributed by atoms with van der Waals surface area (Å²) in [6.45, 7) is 3.22. The van der Waals surface area contributed by atoms with Crippen LogP contribution in [0.2, 0.25) is 0 Å². The highest BCUT2D eigenvalue weighted by molar-refractivity contribution is 5.85. The number of rotatable bonds is 4. The lowest BCUT2D eigenvalue weighted by Crippen LogP contribution is -2.46. The van der Waals surface area contributed by atoms with E-state index >= 15 is 0 Å². The number of hydrogen-bond acceptors (Lipinski definition) is 4. The van der Waals surface area contributed by atoms with Crippen molar-refractivity contribution >= 4 is 12.4 Å². The number of nitrogens with one attached hydrogen (secondary N) is 1. The van der Waals surface area contributed by atoms with Crippen LogP contribution in [0.15, 0.2) is 42.9 Å². The smallest absolute Gasteiger partial charge is 0.151 e. The van der Waals surface area contributed by atoms with Gasteiger partial charge in [-0.1, -0.05) is 0 Å². The van der Waals surface area contributed by atoms with Gasteiger partial charge in [0.15, 0.2) is 5.82 Å². The molecule has 3 aromatic rings. The van der Waals surface area contributed by atoms with Crippen LogP contribution >= 0.6 is 12.4 Å². The molecular weight excluding hydrogens is 374 g/mol. The molecule has 0 aliphatic carbocycles. The highest BCUT2D eigenvalue weighted by atomic mass is 35.5. The van der Waals surface area contributed by atoms with Gasteiger partial charge in [-0.25, -0.2) is 18.4 Å². The van der Waals surface area contributed by atoms with Gasteiger partial charge >= 0.3 is 0 Å². The predicted octanol–water partition coefficient (Wildman–Crippen LogP) is 2.45. The third-order valence-corrected chi connectivity index (χ3v) is 4.68. The highest BCUT2D eigenvalue weighted by Crippen LogP contribution is 2.23. The lowest BCUT2D eigenvalue weighted by molar-refractivity contribution is 0.143. The number of aromatic nitrogens is 4. The molecule has 6 nitrogen and oxygen atoms in total. The van der Waals surface area contributed by atoms with E-state index in [0.29, 0.717) is 6.54 Å². The molecule has 1 N–H and O–H groups in total. The van der Waals surface area contributed by atoms with Crippen LogP contribution in [-0.4, -0.2) is 43.9 Å². The molecule has 2 aromatic heterocycles. The summed E-state index contributed by atoms with van der Waals surface area (Å²) in [5, 5.41) is 7.87. The van der Waals surface area contributed by atoms with Crippen molar-refractivity contribution in [2.75, 3.05) is 19.6 Å². The number of hydrogen-bond donors (Lipinski definition) is 1. The van der Waals surface area contributed by atoms with Crippen LogP contribution < -0.4 is 5.32 Å². The van der Waals surface area contributed by atoms with Gasteiger partial charge < -0.3 is 9.88 Å². The average Bonchev–Trinajstić information content (AvgIpc) is 3.25. The van der Waals surface area contributed by atoms with E-state index in [9.17, 15) is 8.78 Å². The molecule has 0 amide bonds. The molecule has 0 radical (unpaired) electrons. The first-order chi connectivity index (χ1) is 12.6. The third-order valence-electron chi connectivity index (χ3n) is 4.68. The maximum atomic E-state index is 14.0. The van der Waals surface area contributed by atoms with Crippen molar-refractivity contribution < 1.29 is 8.78 Å². The molecule has 1 aliphatic rings. The Labute approximate surface area is 162 Å². The Morgan fingerprint density at radius 2 is 2.07 bits per heavy atom. The van der Waals surface area contributed by atoms with E-state index in [-0.39, 0.29) is 24.1 Å². The number of halogens is 3. The van der Waals surface area contributed by atoms with Gasteiger partial charge in [-0.15, -0.1) is 12.4 Å². The van der Waals surface area contributed by atoms with Crippen molar-refractivity contribution in [3.63, 3.8) is 0 Å². The molecule has 1 unspecified atom stereocenters. The zero-order valence-electron chi connectivity index (χ0n) is 14.8. The summed E-state index contributed by atoms with van der Waals surface area (Å²) in [6, 6.07) is 5.50. The first kappa shape index (κ1) is 19.5. The minimum Gasteiger partial charge on any atom is -0.337 e. The summed E-state index contributed by atoms with van der Waals surface area (Å²) in [7, 11) is 1.99. The van der Waals surface area contributed by atoms with Crippen LogP contribution in [0, 0.1) is 11.6 Å². The normalized spacial score (nSPS) is 17.7. The first-order valence-corrected chi connectivity index (χ1v) is 8.54. The van der Waals surface area contributed by atoms with Crippen molar-refractivity contribution in [1.29, 1.82) is 0 Å². The molecule has 0 spiro atoms. The molecule has 1 saturated heterocycles. The summed E-state index contributed by atoms with van der Waals surface area (Å²) in [4.78, 5) is 6.79. The quantitative estimate of drug-likeness (QED) is 0.738. The second kappa shape index (κ2) is 8.16. The van der Waals surface area contributed by atoms with Crippen LogP contribution in [0.5, 0.6) is 0 Å². The largest absolute Gasteiger partial charge is 0.337 e. The van der Waals surface area contributed by atoms with E-state index in [0.717, 1.165) is 37.2 Å². The van der Waals surface area contributed by atoms with Crippen LogP contribution in [0.1, 0.15) is 17.6 Å². The fraction of sp³-hybridized carbons (Fsp3) is 0.333. The van der Waals surface area contributed by atoms with Gasteiger partial charge in [0.05, 0.1) is 11.7 Å². The van der Waals surface area contributed by atoms with E-state index in [2.05, 4.69) is 20.3 Å². The Morgan fingerprint density at radius 1 is 1.22 bits per heavy atom. The Hall–Kier alpha value is -2.29.